The van der Waals surface area contributed by atoms with Crippen molar-refractivity contribution in [3.8, 4) is 11.4 Å². The van der Waals surface area contributed by atoms with Crippen LogP contribution < -0.4 is 4.74 Å². The van der Waals surface area contributed by atoms with E-state index in [9.17, 15) is 8.78 Å². The Morgan fingerprint density at radius 2 is 1.79 bits per heavy atom. The molecule has 0 N–H and O–H groups in total. The molecule has 3 rings (SSSR count). The van der Waals surface area contributed by atoms with E-state index in [1.165, 1.54) is 6.07 Å². The number of alkyl halides is 2. The Morgan fingerprint density at radius 3 is 2.63 bits per heavy atom. The molecule has 0 atom stereocenters. The summed E-state index contributed by atoms with van der Waals surface area (Å²) in [5, 5.41) is 1.10. The van der Waals surface area contributed by atoms with Gasteiger partial charge in [-0.2, -0.15) is 8.78 Å². The molecule has 0 bridgehead atoms. The van der Waals surface area contributed by atoms with Crippen molar-refractivity contribution in [2.45, 2.75) is 6.61 Å². The van der Waals surface area contributed by atoms with Gasteiger partial charge in [0.25, 0.3) is 0 Å². The molecule has 96 valence electrons. The molecule has 0 radical (unpaired) electrons. The third-order valence-corrected chi connectivity index (χ3v) is 2.92. The standard InChI is InChI=1S/C15H11F2NO/c16-15(17)19-13-6-3-5-12(10-13)18-9-8-11-4-1-2-7-14(11)18/h1-10,15H. The quantitative estimate of drug-likeness (QED) is 0.686. The van der Waals surface area contributed by atoms with Crippen LogP contribution in [0.2, 0.25) is 0 Å². The van der Waals surface area contributed by atoms with Gasteiger partial charge in [0.2, 0.25) is 0 Å². The van der Waals surface area contributed by atoms with Gasteiger partial charge in [-0.3, -0.25) is 0 Å². The smallest absolute Gasteiger partial charge is 0.387 e. The number of hydrogen-bond acceptors (Lipinski definition) is 1. The first-order valence-electron chi connectivity index (χ1n) is 5.85. The van der Waals surface area contributed by atoms with Gasteiger partial charge in [-0.05, 0) is 29.7 Å². The average molecular weight is 259 g/mol. The molecule has 1 heterocycles. The predicted molar refractivity (Wildman–Crippen MR) is 69.9 cm³/mol. The highest BCUT2D eigenvalue weighted by molar-refractivity contribution is 5.81. The second kappa shape index (κ2) is 4.72. The van der Waals surface area contributed by atoms with E-state index in [4.69, 9.17) is 0 Å². The van der Waals surface area contributed by atoms with Crippen molar-refractivity contribution in [2.75, 3.05) is 0 Å². The van der Waals surface area contributed by atoms with Crippen LogP contribution in [0.15, 0.2) is 60.8 Å². The van der Waals surface area contributed by atoms with Gasteiger partial charge in [-0.25, -0.2) is 0 Å². The lowest BCUT2D eigenvalue weighted by Gasteiger charge is -2.09. The zero-order valence-corrected chi connectivity index (χ0v) is 9.96. The first-order valence-corrected chi connectivity index (χ1v) is 5.85. The monoisotopic (exact) mass is 259 g/mol. The summed E-state index contributed by atoms with van der Waals surface area (Å²) in [7, 11) is 0. The molecule has 0 saturated carbocycles. The van der Waals surface area contributed by atoms with Crippen LogP contribution >= 0.6 is 0 Å². The molecule has 2 nitrogen and oxygen atoms in total. The van der Waals surface area contributed by atoms with Crippen LogP contribution in [0.3, 0.4) is 0 Å². The Hall–Kier alpha value is -2.36. The molecule has 1 aromatic heterocycles. The minimum Gasteiger partial charge on any atom is -0.435 e. The number of fused-ring (bicyclic) bond motifs is 1. The lowest BCUT2D eigenvalue weighted by molar-refractivity contribution is -0.0498. The number of aromatic nitrogens is 1. The zero-order valence-electron chi connectivity index (χ0n) is 9.96. The van der Waals surface area contributed by atoms with Gasteiger partial charge in [0.1, 0.15) is 5.75 Å². The highest BCUT2D eigenvalue weighted by Gasteiger charge is 2.07. The van der Waals surface area contributed by atoms with E-state index in [2.05, 4.69) is 4.74 Å². The number of ether oxygens (including phenoxy) is 1. The summed E-state index contributed by atoms with van der Waals surface area (Å²) in [6.45, 7) is -2.81. The summed E-state index contributed by atoms with van der Waals surface area (Å²) in [4.78, 5) is 0. The lowest BCUT2D eigenvalue weighted by atomic mass is 10.2. The van der Waals surface area contributed by atoms with E-state index in [1.54, 1.807) is 12.1 Å². The molecule has 0 aliphatic carbocycles. The largest absolute Gasteiger partial charge is 0.435 e. The third kappa shape index (κ3) is 2.29. The summed E-state index contributed by atoms with van der Waals surface area (Å²) in [6.07, 6.45) is 1.91. The summed E-state index contributed by atoms with van der Waals surface area (Å²) in [5.41, 5.74) is 1.82. The summed E-state index contributed by atoms with van der Waals surface area (Å²) >= 11 is 0. The van der Waals surface area contributed by atoms with Crippen LogP contribution in [-0.4, -0.2) is 11.2 Å². The van der Waals surface area contributed by atoms with Crippen molar-refractivity contribution in [2.24, 2.45) is 0 Å². The van der Waals surface area contributed by atoms with E-state index >= 15 is 0 Å². The van der Waals surface area contributed by atoms with Crippen molar-refractivity contribution in [1.82, 2.24) is 4.57 Å². The van der Waals surface area contributed by atoms with Crippen molar-refractivity contribution < 1.29 is 13.5 Å². The van der Waals surface area contributed by atoms with Crippen LogP contribution in [0.4, 0.5) is 8.78 Å². The van der Waals surface area contributed by atoms with Crippen LogP contribution in [0.5, 0.6) is 5.75 Å². The Kier molecular flexibility index (Phi) is 2.91. The van der Waals surface area contributed by atoms with Gasteiger partial charge in [-0.1, -0.05) is 24.3 Å². The maximum atomic E-state index is 12.2. The van der Waals surface area contributed by atoms with Crippen molar-refractivity contribution in [1.29, 1.82) is 0 Å². The fraction of sp³-hybridized carbons (Fsp3) is 0.0667. The Balaban J connectivity index is 2.06. The molecular weight excluding hydrogens is 248 g/mol. The maximum absolute atomic E-state index is 12.2. The molecular formula is C15H11F2NO. The Morgan fingerprint density at radius 1 is 0.947 bits per heavy atom. The van der Waals surface area contributed by atoms with Crippen molar-refractivity contribution in [3.63, 3.8) is 0 Å². The number of nitrogens with zero attached hydrogens (tertiary/aromatic N) is 1. The second-order valence-corrected chi connectivity index (χ2v) is 4.12. The van der Waals surface area contributed by atoms with Gasteiger partial charge < -0.3 is 9.30 Å². The number of halogens is 2. The molecule has 0 spiro atoms. The molecule has 4 heteroatoms. The van der Waals surface area contributed by atoms with Gasteiger partial charge in [0.15, 0.2) is 0 Å². The van der Waals surface area contributed by atoms with Crippen LogP contribution in [0.1, 0.15) is 0 Å². The number of hydrogen-bond donors (Lipinski definition) is 0. The lowest BCUT2D eigenvalue weighted by Crippen LogP contribution is -2.02. The number of para-hydroxylation sites is 1. The SMILES string of the molecule is FC(F)Oc1cccc(-n2ccc3ccccc32)c1. The number of benzene rings is 2. The molecule has 0 fully saturated rings. The third-order valence-electron chi connectivity index (χ3n) is 2.92. The van der Waals surface area contributed by atoms with E-state index in [0.717, 1.165) is 16.6 Å². The first-order chi connectivity index (χ1) is 9.24. The average Bonchev–Trinajstić information content (AvgIpc) is 2.82. The normalized spacial score (nSPS) is 11.1. The summed E-state index contributed by atoms with van der Waals surface area (Å²) < 4.78 is 30.8. The minimum absolute atomic E-state index is 0.158. The fourth-order valence-corrected chi connectivity index (χ4v) is 2.12. The molecule has 2 aromatic carbocycles. The second-order valence-electron chi connectivity index (χ2n) is 4.12. The van der Waals surface area contributed by atoms with Gasteiger partial charge >= 0.3 is 6.61 Å². The molecule has 3 aromatic rings. The van der Waals surface area contributed by atoms with Crippen molar-refractivity contribution in [3.05, 3.63) is 60.8 Å². The molecule has 0 aliphatic heterocycles. The molecule has 0 aliphatic rings. The minimum atomic E-state index is -2.81. The highest BCUT2D eigenvalue weighted by Crippen LogP contribution is 2.23. The van der Waals surface area contributed by atoms with Gasteiger partial charge in [0.05, 0.1) is 5.52 Å². The van der Waals surface area contributed by atoms with Crippen LogP contribution in [0.25, 0.3) is 16.6 Å². The zero-order chi connectivity index (χ0) is 13.2. The van der Waals surface area contributed by atoms with E-state index in [-0.39, 0.29) is 5.75 Å². The Bertz CT molecular complexity index is 706. The van der Waals surface area contributed by atoms with Crippen LogP contribution in [0, 0.1) is 0 Å². The molecule has 19 heavy (non-hydrogen) atoms. The number of rotatable bonds is 3. The first kappa shape index (κ1) is 11.7. The highest BCUT2D eigenvalue weighted by atomic mass is 19.3. The van der Waals surface area contributed by atoms with Gasteiger partial charge in [0, 0.05) is 18.0 Å². The van der Waals surface area contributed by atoms with Crippen molar-refractivity contribution >= 4 is 10.9 Å². The molecule has 0 saturated heterocycles. The topological polar surface area (TPSA) is 14.2 Å². The summed E-state index contributed by atoms with van der Waals surface area (Å²) in [5.74, 6) is 0.158. The van der Waals surface area contributed by atoms with E-state index in [0.29, 0.717) is 0 Å². The van der Waals surface area contributed by atoms with E-state index < -0.39 is 6.61 Å². The molecule has 0 unspecified atom stereocenters. The Labute approximate surface area is 108 Å². The predicted octanol–water partition coefficient (Wildman–Crippen LogP) is 4.23. The maximum Gasteiger partial charge on any atom is 0.387 e. The van der Waals surface area contributed by atoms with Crippen LogP contribution in [-0.2, 0) is 0 Å². The van der Waals surface area contributed by atoms with E-state index in [1.807, 2.05) is 47.2 Å². The summed E-state index contributed by atoms with van der Waals surface area (Å²) in [6, 6.07) is 16.5. The fourth-order valence-electron chi connectivity index (χ4n) is 2.12. The molecule has 0 amide bonds. The van der Waals surface area contributed by atoms with Gasteiger partial charge in [-0.15, -0.1) is 0 Å².